The Morgan fingerprint density at radius 1 is 0.950 bits per heavy atom. The van der Waals surface area contributed by atoms with Gasteiger partial charge in [0, 0.05) is 17.1 Å². The summed E-state index contributed by atoms with van der Waals surface area (Å²) in [5.74, 6) is -0.398. The molecule has 2 aromatic carbocycles. The smallest absolute Gasteiger partial charge is 0.141 e. The van der Waals surface area contributed by atoms with E-state index in [1.54, 1.807) is 12.1 Å². The van der Waals surface area contributed by atoms with Crippen LogP contribution in [0.3, 0.4) is 0 Å². The lowest BCUT2D eigenvalue weighted by molar-refractivity contribution is 0.494. The third kappa shape index (κ3) is 3.72. The molecule has 1 N–H and O–H groups in total. The maximum absolute atomic E-state index is 13.2. The van der Waals surface area contributed by atoms with Crippen molar-refractivity contribution in [1.82, 2.24) is 5.32 Å². The van der Waals surface area contributed by atoms with Crippen LogP contribution >= 0.6 is 23.2 Å². The standard InChI is InChI=1S/C16H16Cl2FN/c1-10(12-4-3-5-14(17)8-12)20-11(2)13-6-7-16(19)15(18)9-13/h3-11,20H,1-2H3. The van der Waals surface area contributed by atoms with Gasteiger partial charge in [0.1, 0.15) is 5.82 Å². The molecule has 4 heteroatoms. The Morgan fingerprint density at radius 2 is 1.60 bits per heavy atom. The Hall–Kier alpha value is -1.09. The molecule has 2 rings (SSSR count). The van der Waals surface area contributed by atoms with E-state index in [1.165, 1.54) is 6.07 Å². The van der Waals surface area contributed by atoms with Crippen molar-refractivity contribution in [3.63, 3.8) is 0 Å². The lowest BCUT2D eigenvalue weighted by Gasteiger charge is -2.21. The summed E-state index contributed by atoms with van der Waals surface area (Å²) in [6, 6.07) is 12.7. The van der Waals surface area contributed by atoms with Gasteiger partial charge in [0.25, 0.3) is 0 Å². The van der Waals surface area contributed by atoms with Gasteiger partial charge in [-0.3, -0.25) is 0 Å². The second-order valence-electron chi connectivity index (χ2n) is 4.84. The molecule has 0 aromatic heterocycles. The monoisotopic (exact) mass is 311 g/mol. The molecule has 0 aliphatic carbocycles. The fraction of sp³-hybridized carbons (Fsp3) is 0.250. The summed E-state index contributed by atoms with van der Waals surface area (Å²) in [6.07, 6.45) is 0. The van der Waals surface area contributed by atoms with Crippen molar-refractivity contribution in [2.24, 2.45) is 0 Å². The summed E-state index contributed by atoms with van der Waals surface area (Å²) in [6.45, 7) is 4.08. The topological polar surface area (TPSA) is 12.0 Å². The minimum absolute atomic E-state index is 0.0575. The van der Waals surface area contributed by atoms with Crippen molar-refractivity contribution in [1.29, 1.82) is 0 Å². The Balaban J connectivity index is 2.10. The molecule has 2 unspecified atom stereocenters. The zero-order chi connectivity index (χ0) is 14.7. The van der Waals surface area contributed by atoms with E-state index in [1.807, 2.05) is 31.2 Å². The predicted octanol–water partition coefficient (Wildman–Crippen LogP) is 5.54. The number of halogens is 3. The van der Waals surface area contributed by atoms with E-state index in [2.05, 4.69) is 12.2 Å². The minimum Gasteiger partial charge on any atom is -0.304 e. The van der Waals surface area contributed by atoms with Crippen molar-refractivity contribution in [3.05, 3.63) is 69.5 Å². The maximum Gasteiger partial charge on any atom is 0.141 e. The fourth-order valence-electron chi connectivity index (χ4n) is 2.13. The van der Waals surface area contributed by atoms with E-state index in [0.29, 0.717) is 5.02 Å². The lowest BCUT2D eigenvalue weighted by Crippen LogP contribution is -2.22. The van der Waals surface area contributed by atoms with E-state index in [4.69, 9.17) is 23.2 Å². The number of hydrogen-bond acceptors (Lipinski definition) is 1. The van der Waals surface area contributed by atoms with Gasteiger partial charge in [0.05, 0.1) is 5.02 Å². The van der Waals surface area contributed by atoms with Crippen molar-refractivity contribution < 1.29 is 4.39 Å². The highest BCUT2D eigenvalue weighted by Gasteiger charge is 2.12. The molecule has 0 saturated heterocycles. The molecule has 0 spiro atoms. The SMILES string of the molecule is CC(NC(C)c1ccc(F)c(Cl)c1)c1cccc(Cl)c1. The Bertz CT molecular complexity index is 601. The molecule has 0 aliphatic rings. The molecular formula is C16H16Cl2FN. The summed E-state index contributed by atoms with van der Waals surface area (Å²) in [5, 5.41) is 4.31. The minimum atomic E-state index is -0.398. The van der Waals surface area contributed by atoms with Gasteiger partial charge in [-0.2, -0.15) is 0 Å². The first-order valence-electron chi connectivity index (χ1n) is 6.44. The summed E-state index contributed by atoms with van der Waals surface area (Å²) in [5.41, 5.74) is 2.06. The molecule has 2 atom stereocenters. The molecule has 0 saturated carbocycles. The Labute approximate surface area is 128 Å². The fourth-order valence-corrected chi connectivity index (χ4v) is 2.51. The first kappa shape index (κ1) is 15.3. The van der Waals surface area contributed by atoms with Gasteiger partial charge in [0.2, 0.25) is 0 Å². The third-order valence-electron chi connectivity index (χ3n) is 3.29. The normalized spacial score (nSPS) is 14.1. The summed E-state index contributed by atoms with van der Waals surface area (Å²) < 4.78 is 13.2. The quantitative estimate of drug-likeness (QED) is 0.781. The molecular weight excluding hydrogens is 296 g/mol. The Morgan fingerprint density at radius 3 is 2.20 bits per heavy atom. The van der Waals surface area contributed by atoms with Gasteiger partial charge in [-0.25, -0.2) is 4.39 Å². The number of rotatable bonds is 4. The van der Waals surface area contributed by atoms with Crippen LogP contribution < -0.4 is 5.32 Å². The van der Waals surface area contributed by atoms with E-state index >= 15 is 0 Å². The summed E-state index contributed by atoms with van der Waals surface area (Å²) in [7, 11) is 0. The average molecular weight is 312 g/mol. The van der Waals surface area contributed by atoms with Crippen molar-refractivity contribution >= 4 is 23.2 Å². The van der Waals surface area contributed by atoms with Crippen LogP contribution in [0.4, 0.5) is 4.39 Å². The van der Waals surface area contributed by atoms with Crippen molar-refractivity contribution in [3.8, 4) is 0 Å². The molecule has 0 amide bonds. The molecule has 0 heterocycles. The van der Waals surface area contributed by atoms with Gasteiger partial charge in [-0.15, -0.1) is 0 Å². The number of benzene rings is 2. The lowest BCUT2D eigenvalue weighted by atomic mass is 10.0. The predicted molar refractivity (Wildman–Crippen MR) is 82.8 cm³/mol. The van der Waals surface area contributed by atoms with Crippen molar-refractivity contribution in [2.45, 2.75) is 25.9 Å². The van der Waals surface area contributed by atoms with Gasteiger partial charge < -0.3 is 5.32 Å². The van der Waals surface area contributed by atoms with E-state index in [0.717, 1.165) is 11.1 Å². The molecule has 20 heavy (non-hydrogen) atoms. The van der Waals surface area contributed by atoms with Crippen LogP contribution in [0.2, 0.25) is 10.0 Å². The van der Waals surface area contributed by atoms with Gasteiger partial charge >= 0.3 is 0 Å². The highest BCUT2D eigenvalue weighted by Crippen LogP contribution is 2.24. The van der Waals surface area contributed by atoms with Crippen LogP contribution in [0.5, 0.6) is 0 Å². The molecule has 0 bridgehead atoms. The highest BCUT2D eigenvalue weighted by atomic mass is 35.5. The average Bonchev–Trinajstić information content (AvgIpc) is 2.41. The third-order valence-corrected chi connectivity index (χ3v) is 3.82. The van der Waals surface area contributed by atoms with Crippen LogP contribution in [0, 0.1) is 5.82 Å². The van der Waals surface area contributed by atoms with Gasteiger partial charge in [0.15, 0.2) is 0 Å². The molecule has 0 radical (unpaired) electrons. The molecule has 2 aromatic rings. The van der Waals surface area contributed by atoms with E-state index in [9.17, 15) is 4.39 Å². The molecule has 0 aliphatic heterocycles. The second kappa shape index (κ2) is 6.57. The van der Waals surface area contributed by atoms with Crippen LogP contribution in [0.25, 0.3) is 0 Å². The number of nitrogens with one attached hydrogen (secondary N) is 1. The Kier molecular flexibility index (Phi) is 5.03. The summed E-state index contributed by atoms with van der Waals surface area (Å²) in [4.78, 5) is 0. The van der Waals surface area contributed by atoms with Crippen molar-refractivity contribution in [2.75, 3.05) is 0 Å². The van der Waals surface area contributed by atoms with E-state index in [-0.39, 0.29) is 17.1 Å². The molecule has 106 valence electrons. The zero-order valence-corrected chi connectivity index (χ0v) is 12.8. The second-order valence-corrected chi connectivity index (χ2v) is 5.68. The van der Waals surface area contributed by atoms with E-state index < -0.39 is 5.82 Å². The van der Waals surface area contributed by atoms with Gasteiger partial charge in [-0.1, -0.05) is 41.4 Å². The van der Waals surface area contributed by atoms with Crippen LogP contribution in [-0.4, -0.2) is 0 Å². The first-order valence-corrected chi connectivity index (χ1v) is 7.19. The number of hydrogen-bond donors (Lipinski definition) is 1. The van der Waals surface area contributed by atoms with Crippen LogP contribution in [0.1, 0.15) is 37.1 Å². The van der Waals surface area contributed by atoms with Crippen LogP contribution in [-0.2, 0) is 0 Å². The largest absolute Gasteiger partial charge is 0.304 e. The molecule has 1 nitrogen and oxygen atoms in total. The zero-order valence-electron chi connectivity index (χ0n) is 11.3. The first-order chi connectivity index (χ1) is 9.47. The van der Waals surface area contributed by atoms with Crippen LogP contribution in [0.15, 0.2) is 42.5 Å². The van der Waals surface area contributed by atoms with Gasteiger partial charge in [-0.05, 0) is 49.2 Å². The molecule has 0 fully saturated rings. The highest BCUT2D eigenvalue weighted by molar-refractivity contribution is 6.31. The summed E-state index contributed by atoms with van der Waals surface area (Å²) >= 11 is 11.8. The maximum atomic E-state index is 13.2.